The average molecular weight is 583 g/mol. The number of hydrogen-bond donors (Lipinski definition) is 4. The smallest absolute Gasteiger partial charge is 0.132 e. The minimum absolute atomic E-state index is 0.0487. The maximum atomic E-state index is 12.1. The number of phenols is 4. The van der Waals surface area contributed by atoms with Gasteiger partial charge in [-0.1, -0.05) is 114 Å². The van der Waals surface area contributed by atoms with E-state index in [1.165, 1.54) is 0 Å². The number of rotatable bonds is 3. The van der Waals surface area contributed by atoms with Crippen molar-refractivity contribution in [2.75, 3.05) is 0 Å². The Labute approximate surface area is 258 Å². The zero-order chi connectivity index (χ0) is 31.6. The molecule has 44 heavy (non-hydrogen) atoms. The first kappa shape index (κ1) is 29.1. The second kappa shape index (κ2) is 10.3. The summed E-state index contributed by atoms with van der Waals surface area (Å²) in [4.78, 5) is 0. The highest BCUT2D eigenvalue weighted by molar-refractivity contribution is 6.14. The van der Waals surface area contributed by atoms with Crippen molar-refractivity contribution in [3.8, 4) is 56.4 Å². The van der Waals surface area contributed by atoms with Crippen LogP contribution < -0.4 is 0 Å². The van der Waals surface area contributed by atoms with Crippen LogP contribution in [0.15, 0.2) is 97.1 Å². The topological polar surface area (TPSA) is 80.9 Å². The lowest BCUT2D eigenvalue weighted by Gasteiger charge is -2.22. The summed E-state index contributed by atoms with van der Waals surface area (Å²) in [6.07, 6.45) is 0. The lowest BCUT2D eigenvalue weighted by Crippen LogP contribution is -2.10. The molecule has 0 amide bonds. The molecule has 0 heterocycles. The van der Waals surface area contributed by atoms with E-state index in [0.29, 0.717) is 33.4 Å². The predicted octanol–water partition coefficient (Wildman–Crippen LogP) is 10.4. The van der Waals surface area contributed by atoms with Crippen LogP contribution in [-0.4, -0.2) is 20.4 Å². The zero-order valence-electron chi connectivity index (χ0n) is 26.0. The highest BCUT2D eigenvalue weighted by Crippen LogP contribution is 2.53. The van der Waals surface area contributed by atoms with Gasteiger partial charge >= 0.3 is 0 Å². The van der Waals surface area contributed by atoms with Crippen molar-refractivity contribution in [3.63, 3.8) is 0 Å². The van der Waals surface area contributed by atoms with Crippen molar-refractivity contribution < 1.29 is 20.4 Å². The van der Waals surface area contributed by atoms with Gasteiger partial charge in [-0.2, -0.15) is 0 Å². The second-order valence-corrected chi connectivity index (χ2v) is 13.7. The molecule has 222 valence electrons. The molecule has 0 radical (unpaired) electrons. The van der Waals surface area contributed by atoms with Gasteiger partial charge in [0.05, 0.1) is 0 Å². The fourth-order valence-electron chi connectivity index (χ4n) is 6.04. The van der Waals surface area contributed by atoms with Gasteiger partial charge in [0.1, 0.15) is 23.0 Å². The van der Waals surface area contributed by atoms with Crippen molar-refractivity contribution in [2.24, 2.45) is 0 Å². The van der Waals surface area contributed by atoms with Crippen LogP contribution in [0.4, 0.5) is 0 Å². The van der Waals surface area contributed by atoms with Crippen molar-refractivity contribution in [1.82, 2.24) is 0 Å². The van der Waals surface area contributed by atoms with Crippen molar-refractivity contribution in [3.05, 3.63) is 108 Å². The molecule has 4 N–H and O–H groups in total. The molecule has 0 fully saturated rings. The first-order chi connectivity index (χ1) is 20.8. The molecule has 0 saturated heterocycles. The third-order valence-electron chi connectivity index (χ3n) is 8.60. The van der Waals surface area contributed by atoms with Gasteiger partial charge in [-0.15, -0.1) is 0 Å². The Morgan fingerprint density at radius 1 is 0.409 bits per heavy atom. The molecular weight excluding hydrogens is 544 g/mol. The van der Waals surface area contributed by atoms with E-state index in [4.69, 9.17) is 0 Å². The predicted molar refractivity (Wildman–Crippen MR) is 182 cm³/mol. The summed E-state index contributed by atoms with van der Waals surface area (Å²) in [7, 11) is 0. The van der Waals surface area contributed by atoms with Gasteiger partial charge < -0.3 is 20.4 Å². The van der Waals surface area contributed by atoms with Gasteiger partial charge in [-0.3, -0.25) is 0 Å². The van der Waals surface area contributed by atoms with E-state index in [0.717, 1.165) is 32.7 Å². The molecule has 6 aromatic rings. The maximum Gasteiger partial charge on any atom is 0.132 e. The SMILES string of the molecule is CC(C)(C)c1ccc(-c2cc3ccccc3c(-c3c(O)c(-c4ccc(C(C)(C)C)cc4O)cc4ccccc34)c2O)c(O)c1. The fourth-order valence-corrected chi connectivity index (χ4v) is 6.04. The number of hydrogen-bond acceptors (Lipinski definition) is 4. The summed E-state index contributed by atoms with van der Waals surface area (Å²) in [5.41, 5.74) is 4.47. The molecule has 0 spiro atoms. The van der Waals surface area contributed by atoms with E-state index in [9.17, 15) is 20.4 Å². The first-order valence-electron chi connectivity index (χ1n) is 14.9. The molecule has 0 aromatic heterocycles. The minimum atomic E-state index is -0.158. The average Bonchev–Trinajstić information content (AvgIpc) is 2.96. The molecule has 0 aliphatic carbocycles. The Morgan fingerprint density at radius 3 is 1.11 bits per heavy atom. The summed E-state index contributed by atoms with van der Waals surface area (Å²) in [5, 5.41) is 49.8. The quantitative estimate of drug-likeness (QED) is 0.167. The van der Waals surface area contributed by atoms with Gasteiger partial charge in [0.15, 0.2) is 0 Å². The van der Waals surface area contributed by atoms with Gasteiger partial charge in [0.2, 0.25) is 0 Å². The number of aromatic hydroxyl groups is 4. The molecule has 0 bridgehead atoms. The van der Waals surface area contributed by atoms with Crippen molar-refractivity contribution in [1.29, 1.82) is 0 Å². The summed E-state index contributed by atoms with van der Waals surface area (Å²) >= 11 is 0. The molecule has 0 unspecified atom stereocenters. The second-order valence-electron chi connectivity index (χ2n) is 13.7. The Morgan fingerprint density at radius 2 is 0.773 bits per heavy atom. The van der Waals surface area contributed by atoms with Crippen LogP contribution in [0.2, 0.25) is 0 Å². The molecule has 6 aromatic carbocycles. The number of phenolic OH excluding ortho intramolecular Hbond substituents is 4. The fraction of sp³-hybridized carbons (Fsp3) is 0.200. The normalized spacial score (nSPS) is 12.2. The van der Waals surface area contributed by atoms with Gasteiger partial charge in [0, 0.05) is 33.4 Å². The summed E-state index contributed by atoms with van der Waals surface area (Å²) in [6, 6.07) is 30.3. The Bertz CT molecular complexity index is 1920. The third kappa shape index (κ3) is 4.90. The van der Waals surface area contributed by atoms with Gasteiger partial charge in [0.25, 0.3) is 0 Å². The molecule has 0 atom stereocenters. The molecular formula is C40H38O4. The van der Waals surface area contributed by atoms with Crippen LogP contribution in [0.5, 0.6) is 23.0 Å². The number of fused-ring (bicyclic) bond motifs is 2. The highest BCUT2D eigenvalue weighted by Gasteiger charge is 2.26. The van der Waals surface area contributed by atoms with E-state index in [1.54, 1.807) is 12.1 Å². The van der Waals surface area contributed by atoms with E-state index in [1.807, 2.05) is 84.9 Å². The maximum absolute atomic E-state index is 12.1. The van der Waals surface area contributed by atoms with Gasteiger partial charge in [-0.05, 0) is 67.8 Å². The van der Waals surface area contributed by atoms with Crippen LogP contribution in [0.25, 0.3) is 54.9 Å². The summed E-state index contributed by atoms with van der Waals surface area (Å²) in [5.74, 6) is 0.0427. The standard InChI is InChI=1S/C40H38O4/c1-39(2,3)25-15-17-29(33(41)21-25)31-19-23-11-7-9-13-27(23)35(37(31)43)36-28-14-10-8-12-24(28)20-32(38(36)44)30-18-16-26(22-34(30)42)40(4,5)6/h7-22,41-44H,1-6H3. The summed E-state index contributed by atoms with van der Waals surface area (Å²) in [6.45, 7) is 12.5. The zero-order valence-corrected chi connectivity index (χ0v) is 26.0. The molecule has 4 heteroatoms. The van der Waals surface area contributed by atoms with Gasteiger partial charge in [-0.25, -0.2) is 0 Å². The Kier molecular flexibility index (Phi) is 6.85. The Hall–Kier alpha value is -4.96. The van der Waals surface area contributed by atoms with Crippen molar-refractivity contribution in [2.45, 2.75) is 52.4 Å². The summed E-state index contributed by atoms with van der Waals surface area (Å²) < 4.78 is 0. The van der Waals surface area contributed by atoms with E-state index in [2.05, 4.69) is 41.5 Å². The first-order valence-corrected chi connectivity index (χ1v) is 14.9. The monoisotopic (exact) mass is 582 g/mol. The molecule has 4 nitrogen and oxygen atoms in total. The minimum Gasteiger partial charge on any atom is -0.507 e. The van der Waals surface area contributed by atoms with Crippen LogP contribution in [0.1, 0.15) is 52.7 Å². The van der Waals surface area contributed by atoms with Crippen LogP contribution in [0.3, 0.4) is 0 Å². The van der Waals surface area contributed by atoms with E-state index in [-0.39, 0.29) is 33.8 Å². The third-order valence-corrected chi connectivity index (χ3v) is 8.60. The van der Waals surface area contributed by atoms with E-state index >= 15 is 0 Å². The van der Waals surface area contributed by atoms with E-state index < -0.39 is 0 Å². The lowest BCUT2D eigenvalue weighted by atomic mass is 9.83. The lowest BCUT2D eigenvalue weighted by molar-refractivity contribution is 0.465. The largest absolute Gasteiger partial charge is 0.507 e. The molecule has 0 aliphatic heterocycles. The highest BCUT2D eigenvalue weighted by atomic mass is 16.3. The van der Waals surface area contributed by atoms with Crippen LogP contribution >= 0.6 is 0 Å². The Balaban J connectivity index is 1.69. The van der Waals surface area contributed by atoms with Crippen LogP contribution in [0, 0.1) is 0 Å². The molecule has 6 rings (SSSR count). The molecule has 0 aliphatic rings. The molecule has 0 saturated carbocycles. The van der Waals surface area contributed by atoms with Crippen molar-refractivity contribution >= 4 is 21.5 Å². The number of benzene rings is 6. The van der Waals surface area contributed by atoms with Crippen LogP contribution in [-0.2, 0) is 10.8 Å².